The molecular weight excluding hydrogens is 392 g/mol. The highest BCUT2D eigenvalue weighted by Crippen LogP contribution is 2.38. The standard InChI is InChI=1S/C22H34N6OSi/c1-22(2)8-7-16-18(12-22)28(14-29-9-10-30(4,5)6)27-19(16)21-25-17-11-15(23-3)13-24-20(17)26-21/h11,13,23H,7-10,12,14H2,1-6H3,(H,24,25,26). The Balaban J connectivity index is 1.66. The maximum Gasteiger partial charge on any atom is 0.178 e. The van der Waals surface area contributed by atoms with Crippen LogP contribution in [0.1, 0.15) is 31.5 Å². The molecule has 1 aliphatic rings. The number of anilines is 1. The van der Waals surface area contributed by atoms with Gasteiger partial charge in [0.25, 0.3) is 0 Å². The van der Waals surface area contributed by atoms with Crippen molar-refractivity contribution in [2.45, 2.75) is 65.5 Å². The van der Waals surface area contributed by atoms with E-state index in [0.29, 0.717) is 6.73 Å². The minimum atomic E-state index is -1.10. The van der Waals surface area contributed by atoms with E-state index >= 15 is 0 Å². The molecule has 0 bridgehead atoms. The average molecular weight is 427 g/mol. The van der Waals surface area contributed by atoms with Gasteiger partial charge in [0.15, 0.2) is 11.5 Å². The number of aromatic nitrogens is 5. The molecule has 2 N–H and O–H groups in total. The quantitative estimate of drug-likeness (QED) is 0.423. The molecular formula is C22H34N6OSi. The molecule has 0 fully saturated rings. The fourth-order valence-corrected chi connectivity index (χ4v) is 4.73. The molecule has 0 saturated carbocycles. The Morgan fingerprint density at radius 1 is 1.30 bits per heavy atom. The molecule has 30 heavy (non-hydrogen) atoms. The third-order valence-electron chi connectivity index (χ3n) is 5.92. The van der Waals surface area contributed by atoms with Crippen LogP contribution in [0, 0.1) is 5.41 Å². The minimum Gasteiger partial charge on any atom is -0.387 e. The number of ether oxygens (including phenoxy) is 1. The first-order chi connectivity index (χ1) is 14.1. The van der Waals surface area contributed by atoms with E-state index in [4.69, 9.17) is 14.8 Å². The lowest BCUT2D eigenvalue weighted by Crippen LogP contribution is -2.25. The molecule has 0 radical (unpaired) electrons. The number of H-pyrrole nitrogens is 1. The first-order valence-corrected chi connectivity index (χ1v) is 14.6. The highest BCUT2D eigenvalue weighted by molar-refractivity contribution is 6.76. The smallest absolute Gasteiger partial charge is 0.178 e. The summed E-state index contributed by atoms with van der Waals surface area (Å²) in [4.78, 5) is 12.6. The number of rotatable bonds is 7. The molecule has 8 heteroatoms. The fraction of sp³-hybridized carbons (Fsp3) is 0.591. The van der Waals surface area contributed by atoms with Crippen LogP contribution in [0.25, 0.3) is 22.7 Å². The monoisotopic (exact) mass is 426 g/mol. The third kappa shape index (κ3) is 4.44. The van der Waals surface area contributed by atoms with Crippen molar-refractivity contribution in [2.24, 2.45) is 5.41 Å². The van der Waals surface area contributed by atoms with Crippen LogP contribution in [0.2, 0.25) is 25.7 Å². The molecule has 7 nitrogen and oxygen atoms in total. The lowest BCUT2D eigenvalue weighted by molar-refractivity contribution is 0.0747. The van der Waals surface area contributed by atoms with Gasteiger partial charge in [-0.15, -0.1) is 0 Å². The van der Waals surface area contributed by atoms with Crippen LogP contribution < -0.4 is 5.32 Å². The molecule has 0 saturated heterocycles. The van der Waals surface area contributed by atoms with E-state index in [1.165, 1.54) is 11.3 Å². The van der Waals surface area contributed by atoms with E-state index in [1.54, 1.807) is 6.20 Å². The Morgan fingerprint density at radius 3 is 2.83 bits per heavy atom. The van der Waals surface area contributed by atoms with Crippen LogP contribution in [0.5, 0.6) is 0 Å². The number of imidazole rings is 1. The van der Waals surface area contributed by atoms with E-state index in [-0.39, 0.29) is 5.41 Å². The molecule has 4 rings (SSSR count). The number of nitrogens with one attached hydrogen (secondary N) is 2. The Labute approximate surface area is 179 Å². The van der Waals surface area contributed by atoms with Crippen molar-refractivity contribution < 1.29 is 4.74 Å². The second-order valence-electron chi connectivity index (χ2n) is 10.4. The predicted molar refractivity (Wildman–Crippen MR) is 125 cm³/mol. The molecule has 0 atom stereocenters. The van der Waals surface area contributed by atoms with Gasteiger partial charge in [-0.05, 0) is 36.8 Å². The van der Waals surface area contributed by atoms with E-state index < -0.39 is 8.07 Å². The molecule has 0 amide bonds. The zero-order valence-corrected chi connectivity index (χ0v) is 20.1. The topological polar surface area (TPSA) is 80.7 Å². The lowest BCUT2D eigenvalue weighted by Gasteiger charge is -2.30. The second kappa shape index (κ2) is 7.81. The molecule has 3 aromatic rings. The SMILES string of the molecule is CNc1cnc2nc(-c3nn(COCC[Si](C)(C)C)c4c3CCC(C)(C)C4)[nH]c2c1. The Kier molecular flexibility index (Phi) is 5.48. The van der Waals surface area contributed by atoms with Gasteiger partial charge in [0, 0.05) is 33.0 Å². The van der Waals surface area contributed by atoms with Crippen molar-refractivity contribution in [1.29, 1.82) is 0 Å². The summed E-state index contributed by atoms with van der Waals surface area (Å²) in [5.41, 5.74) is 6.41. The summed E-state index contributed by atoms with van der Waals surface area (Å²) in [6, 6.07) is 3.20. The zero-order valence-electron chi connectivity index (χ0n) is 19.1. The minimum absolute atomic E-state index is 0.275. The average Bonchev–Trinajstić information content (AvgIpc) is 3.24. The number of hydrogen-bond acceptors (Lipinski definition) is 5. The zero-order chi connectivity index (χ0) is 21.5. The summed E-state index contributed by atoms with van der Waals surface area (Å²) < 4.78 is 8.12. The summed E-state index contributed by atoms with van der Waals surface area (Å²) in [5.74, 6) is 0.794. The molecule has 3 aromatic heterocycles. The molecule has 0 unspecified atom stereocenters. The van der Waals surface area contributed by atoms with Crippen LogP contribution >= 0.6 is 0 Å². The first-order valence-electron chi connectivity index (χ1n) is 10.9. The molecule has 1 aliphatic carbocycles. The number of pyridine rings is 1. The van der Waals surface area contributed by atoms with Crippen LogP contribution in [0.15, 0.2) is 12.3 Å². The van der Waals surface area contributed by atoms with Crippen molar-refractivity contribution in [2.75, 3.05) is 19.0 Å². The van der Waals surface area contributed by atoms with Gasteiger partial charge >= 0.3 is 0 Å². The molecule has 3 heterocycles. The molecule has 0 aromatic carbocycles. The van der Waals surface area contributed by atoms with E-state index in [0.717, 1.165) is 60.3 Å². The number of hydrogen-bond donors (Lipinski definition) is 2. The predicted octanol–water partition coefficient (Wildman–Crippen LogP) is 4.69. The first kappa shape index (κ1) is 21.1. The van der Waals surface area contributed by atoms with Crippen molar-refractivity contribution in [3.63, 3.8) is 0 Å². The molecule has 162 valence electrons. The van der Waals surface area contributed by atoms with E-state index in [9.17, 15) is 0 Å². The van der Waals surface area contributed by atoms with Gasteiger partial charge in [0.2, 0.25) is 0 Å². The van der Waals surface area contributed by atoms with Crippen LogP contribution in [-0.4, -0.2) is 46.5 Å². The second-order valence-corrected chi connectivity index (χ2v) is 16.0. The van der Waals surface area contributed by atoms with E-state index in [1.807, 2.05) is 13.1 Å². The largest absolute Gasteiger partial charge is 0.387 e. The summed E-state index contributed by atoms with van der Waals surface area (Å²) in [7, 11) is 0.788. The molecule has 0 aliphatic heterocycles. The van der Waals surface area contributed by atoms with Gasteiger partial charge in [0.1, 0.15) is 12.4 Å². The van der Waals surface area contributed by atoms with Crippen LogP contribution in [-0.2, 0) is 24.3 Å². The Bertz CT molecular complexity index is 1050. The summed E-state index contributed by atoms with van der Waals surface area (Å²) in [6.07, 6.45) is 4.97. The fourth-order valence-electron chi connectivity index (χ4n) is 3.97. The van der Waals surface area contributed by atoms with Crippen LogP contribution in [0.4, 0.5) is 5.69 Å². The van der Waals surface area contributed by atoms with Crippen molar-refractivity contribution in [1.82, 2.24) is 24.7 Å². The van der Waals surface area contributed by atoms with Crippen molar-refractivity contribution >= 4 is 24.9 Å². The maximum atomic E-state index is 6.05. The number of fused-ring (bicyclic) bond motifs is 2. The summed E-state index contributed by atoms with van der Waals surface area (Å²) in [5, 5.41) is 8.09. The van der Waals surface area contributed by atoms with Crippen molar-refractivity contribution in [3.8, 4) is 11.5 Å². The normalized spacial score (nSPS) is 16.1. The summed E-state index contributed by atoms with van der Waals surface area (Å²) >= 11 is 0. The molecule has 0 spiro atoms. The number of aromatic amines is 1. The van der Waals surface area contributed by atoms with Gasteiger partial charge in [0.05, 0.1) is 17.4 Å². The number of nitrogens with zero attached hydrogens (tertiary/aromatic N) is 4. The Hall–Kier alpha value is -2.19. The lowest BCUT2D eigenvalue weighted by atomic mass is 9.76. The van der Waals surface area contributed by atoms with Gasteiger partial charge in [-0.3, -0.25) is 0 Å². The van der Waals surface area contributed by atoms with Gasteiger partial charge in [-0.2, -0.15) is 5.10 Å². The van der Waals surface area contributed by atoms with Gasteiger partial charge < -0.3 is 15.0 Å². The highest BCUT2D eigenvalue weighted by Gasteiger charge is 2.32. The van der Waals surface area contributed by atoms with E-state index in [2.05, 4.69) is 53.5 Å². The third-order valence-corrected chi connectivity index (χ3v) is 7.63. The van der Waals surface area contributed by atoms with Gasteiger partial charge in [-0.1, -0.05) is 33.5 Å². The van der Waals surface area contributed by atoms with Crippen LogP contribution in [0.3, 0.4) is 0 Å². The van der Waals surface area contributed by atoms with Gasteiger partial charge in [-0.25, -0.2) is 14.6 Å². The summed E-state index contributed by atoms with van der Waals surface area (Å²) in [6.45, 7) is 13.1. The maximum absolute atomic E-state index is 6.05. The Morgan fingerprint density at radius 2 is 2.10 bits per heavy atom. The van der Waals surface area contributed by atoms with Crippen molar-refractivity contribution in [3.05, 3.63) is 23.5 Å². The highest BCUT2D eigenvalue weighted by atomic mass is 28.3.